The lowest BCUT2D eigenvalue weighted by Gasteiger charge is -2.40. The van der Waals surface area contributed by atoms with Gasteiger partial charge in [0.05, 0.1) is 29.0 Å². The number of non-ortho nitro benzene ring substituents is 1. The highest BCUT2D eigenvalue weighted by atomic mass is 16.6. The molecule has 2 atom stereocenters. The van der Waals surface area contributed by atoms with E-state index in [0.717, 1.165) is 0 Å². The maximum atomic E-state index is 12.9. The van der Waals surface area contributed by atoms with Gasteiger partial charge in [-0.3, -0.25) is 19.9 Å². The van der Waals surface area contributed by atoms with Gasteiger partial charge < -0.3 is 9.64 Å². The van der Waals surface area contributed by atoms with Crippen LogP contribution in [0.15, 0.2) is 40.5 Å². The van der Waals surface area contributed by atoms with Crippen LogP contribution in [0.5, 0.6) is 0 Å². The molecule has 0 saturated carbocycles. The molecule has 2 rings (SSSR count). The van der Waals surface area contributed by atoms with Crippen LogP contribution < -0.4 is 0 Å². The molecule has 0 fully saturated rings. The largest absolute Gasteiger partial charge is 0.461 e. The molecule has 0 saturated heterocycles. The second kappa shape index (κ2) is 9.78. The summed E-state index contributed by atoms with van der Waals surface area (Å²) in [5.74, 6) is -1.24. The molecule has 0 aromatic heterocycles. The first-order valence-electron chi connectivity index (χ1n) is 9.50. The molecule has 1 heterocycles. The van der Waals surface area contributed by atoms with Crippen LogP contribution >= 0.6 is 0 Å². The van der Waals surface area contributed by atoms with Crippen molar-refractivity contribution in [3.63, 3.8) is 0 Å². The molecule has 1 aromatic rings. The van der Waals surface area contributed by atoms with Crippen molar-refractivity contribution in [3.8, 4) is 6.07 Å². The van der Waals surface area contributed by atoms with Crippen molar-refractivity contribution in [2.75, 3.05) is 6.61 Å². The van der Waals surface area contributed by atoms with Crippen LogP contribution in [-0.4, -0.2) is 46.6 Å². The van der Waals surface area contributed by atoms with Gasteiger partial charge in [-0.05, 0) is 33.3 Å². The van der Waals surface area contributed by atoms with Crippen LogP contribution in [0.2, 0.25) is 0 Å². The number of esters is 1. The number of rotatable bonds is 8. The van der Waals surface area contributed by atoms with Gasteiger partial charge in [0.25, 0.3) is 5.69 Å². The monoisotopic (exact) mass is 412 g/mol. The van der Waals surface area contributed by atoms with Crippen LogP contribution in [0, 0.1) is 21.4 Å². The molecule has 2 unspecified atom stereocenters. The predicted molar refractivity (Wildman–Crippen MR) is 110 cm³/mol. The summed E-state index contributed by atoms with van der Waals surface area (Å²) < 4.78 is 5.26. The van der Waals surface area contributed by atoms with Crippen LogP contribution in [0.1, 0.15) is 45.6 Å². The molecule has 30 heavy (non-hydrogen) atoms. The number of nitriles is 1. The van der Waals surface area contributed by atoms with Crippen molar-refractivity contribution in [1.82, 2.24) is 4.90 Å². The molecule has 9 heteroatoms. The number of nitrogens with zero attached hydrogens (tertiary/aromatic N) is 4. The zero-order chi connectivity index (χ0) is 22.4. The van der Waals surface area contributed by atoms with Crippen LogP contribution in [0.4, 0.5) is 5.69 Å². The highest BCUT2D eigenvalue weighted by Crippen LogP contribution is 2.39. The van der Waals surface area contributed by atoms with Crippen molar-refractivity contribution < 1.29 is 19.2 Å². The molecule has 1 aliphatic heterocycles. The van der Waals surface area contributed by atoms with Gasteiger partial charge in [0.2, 0.25) is 6.41 Å². The van der Waals surface area contributed by atoms with Crippen LogP contribution in [0.25, 0.3) is 0 Å². The second-order valence-corrected chi connectivity index (χ2v) is 7.21. The third kappa shape index (κ3) is 4.71. The molecular weight excluding hydrogens is 388 g/mol. The third-order valence-electron chi connectivity index (χ3n) is 4.96. The quantitative estimate of drug-likeness (QED) is 0.212. The van der Waals surface area contributed by atoms with E-state index in [-0.39, 0.29) is 30.3 Å². The van der Waals surface area contributed by atoms with Crippen molar-refractivity contribution in [1.29, 1.82) is 5.26 Å². The molecule has 0 radical (unpaired) electrons. The lowest BCUT2D eigenvalue weighted by Crippen LogP contribution is -2.49. The van der Waals surface area contributed by atoms with Gasteiger partial charge in [0.1, 0.15) is 6.61 Å². The minimum atomic E-state index is -0.623. The van der Waals surface area contributed by atoms with E-state index in [0.29, 0.717) is 23.4 Å². The summed E-state index contributed by atoms with van der Waals surface area (Å²) in [7, 11) is 0. The number of allylic oxidation sites excluding steroid dienone is 1. The number of carbonyl (C=O) groups is 2. The number of nitro benzene ring substituents is 1. The Labute approximate surface area is 174 Å². The fraction of sp³-hybridized carbons (Fsp3) is 0.429. The van der Waals surface area contributed by atoms with Crippen LogP contribution in [0.3, 0.4) is 0 Å². The number of amides is 1. The van der Waals surface area contributed by atoms with Gasteiger partial charge in [-0.2, -0.15) is 5.26 Å². The number of hydrogen-bond donors (Lipinski definition) is 0. The summed E-state index contributed by atoms with van der Waals surface area (Å²) >= 11 is 0. The molecular formula is C21H24N4O5. The summed E-state index contributed by atoms with van der Waals surface area (Å²) in [6.07, 6.45) is 0.768. The Morgan fingerprint density at radius 2 is 2.00 bits per heavy atom. The van der Waals surface area contributed by atoms with Crippen molar-refractivity contribution >= 4 is 23.8 Å². The maximum Gasteiger partial charge on any atom is 0.336 e. The van der Waals surface area contributed by atoms with Gasteiger partial charge in [0, 0.05) is 35.5 Å². The first-order chi connectivity index (χ1) is 14.2. The normalized spacial score (nSPS) is 18.5. The third-order valence-corrected chi connectivity index (χ3v) is 4.96. The Morgan fingerprint density at radius 1 is 1.37 bits per heavy atom. The Morgan fingerprint density at radius 3 is 2.50 bits per heavy atom. The summed E-state index contributed by atoms with van der Waals surface area (Å²) in [6, 6.07) is 7.06. The van der Waals surface area contributed by atoms with E-state index in [1.54, 1.807) is 30.9 Å². The molecule has 0 N–H and O–H groups in total. The molecule has 0 aliphatic carbocycles. The van der Waals surface area contributed by atoms with E-state index >= 15 is 0 Å². The second-order valence-electron chi connectivity index (χ2n) is 7.21. The van der Waals surface area contributed by atoms with E-state index < -0.39 is 22.9 Å². The minimum Gasteiger partial charge on any atom is -0.461 e. The average molecular weight is 412 g/mol. The highest BCUT2D eigenvalue weighted by Gasteiger charge is 2.41. The Hall–Kier alpha value is -3.54. The average Bonchev–Trinajstić information content (AvgIpc) is 2.69. The molecule has 1 aliphatic rings. The standard InChI is InChI=1S/C21H24N4O5/c1-13(2)24(12-26)20-15(4)23-14(3)18(21(27)30-11-5-10-22)19(20)16-6-8-17(9-7-16)25(28)29/h6-9,12-13,19-20H,5,11H2,1-4H3. The Bertz CT molecular complexity index is 928. The number of ether oxygens (including phenoxy) is 1. The summed E-state index contributed by atoms with van der Waals surface area (Å²) in [4.78, 5) is 41.4. The van der Waals surface area contributed by atoms with Gasteiger partial charge in [-0.25, -0.2) is 4.79 Å². The fourth-order valence-corrected chi connectivity index (χ4v) is 3.61. The van der Waals surface area contributed by atoms with Gasteiger partial charge >= 0.3 is 5.97 Å². The lowest BCUT2D eigenvalue weighted by molar-refractivity contribution is -0.384. The first-order valence-corrected chi connectivity index (χ1v) is 9.50. The van der Waals surface area contributed by atoms with E-state index in [9.17, 15) is 19.7 Å². The summed E-state index contributed by atoms with van der Waals surface area (Å²) in [5, 5.41) is 19.8. The maximum absolute atomic E-state index is 12.9. The summed E-state index contributed by atoms with van der Waals surface area (Å²) in [6.45, 7) is 7.10. The molecule has 0 spiro atoms. The lowest BCUT2D eigenvalue weighted by atomic mass is 9.79. The van der Waals surface area contributed by atoms with Gasteiger partial charge in [-0.1, -0.05) is 12.1 Å². The highest BCUT2D eigenvalue weighted by molar-refractivity contribution is 5.99. The minimum absolute atomic E-state index is 0.0540. The van der Waals surface area contributed by atoms with E-state index in [1.807, 2.05) is 19.9 Å². The Kier molecular flexibility index (Phi) is 7.42. The first kappa shape index (κ1) is 22.7. The fourth-order valence-electron chi connectivity index (χ4n) is 3.61. The number of nitro groups is 1. The topological polar surface area (TPSA) is 126 Å². The molecule has 158 valence electrons. The zero-order valence-corrected chi connectivity index (χ0v) is 17.4. The van der Waals surface area contributed by atoms with Crippen molar-refractivity contribution in [2.45, 2.75) is 52.1 Å². The van der Waals surface area contributed by atoms with E-state index in [1.165, 1.54) is 12.1 Å². The predicted octanol–water partition coefficient (Wildman–Crippen LogP) is 3.12. The van der Waals surface area contributed by atoms with Gasteiger partial charge in [0.15, 0.2) is 0 Å². The number of carbonyl (C=O) groups excluding carboxylic acids is 2. The van der Waals surface area contributed by atoms with E-state index in [2.05, 4.69) is 4.99 Å². The van der Waals surface area contributed by atoms with Crippen molar-refractivity contribution in [2.24, 2.45) is 4.99 Å². The Balaban J connectivity index is 2.62. The number of benzene rings is 1. The van der Waals surface area contributed by atoms with Gasteiger partial charge in [-0.15, -0.1) is 0 Å². The zero-order valence-electron chi connectivity index (χ0n) is 17.4. The summed E-state index contributed by atoms with van der Waals surface area (Å²) in [5.41, 5.74) is 1.91. The molecule has 0 bridgehead atoms. The molecule has 9 nitrogen and oxygen atoms in total. The number of aliphatic imine (C=N–C) groups is 1. The molecule has 1 amide bonds. The number of hydrogen-bond acceptors (Lipinski definition) is 7. The van der Waals surface area contributed by atoms with E-state index in [4.69, 9.17) is 10.00 Å². The molecule has 1 aromatic carbocycles. The van der Waals surface area contributed by atoms with Crippen molar-refractivity contribution in [3.05, 3.63) is 51.2 Å². The van der Waals surface area contributed by atoms with Crippen LogP contribution in [-0.2, 0) is 14.3 Å². The SMILES string of the molecule is CC1=NC(C)=C(C(=O)OCCC#N)C(c2ccc([N+](=O)[O-])cc2)C1N(C=O)C(C)C. The smallest absolute Gasteiger partial charge is 0.336 e.